The minimum absolute atomic E-state index is 0.284. The maximum absolute atomic E-state index is 12.6. The van der Waals surface area contributed by atoms with Gasteiger partial charge in [0, 0.05) is 18.4 Å². The largest absolute Gasteiger partial charge is 0.481 e. The van der Waals surface area contributed by atoms with Crippen LogP contribution in [0.25, 0.3) is 0 Å². The van der Waals surface area contributed by atoms with Crippen molar-refractivity contribution in [3.05, 3.63) is 26.6 Å². The average molecular weight is 450 g/mol. The van der Waals surface area contributed by atoms with Gasteiger partial charge in [0.15, 0.2) is 17.3 Å². The minimum Gasteiger partial charge on any atom is -0.481 e. The van der Waals surface area contributed by atoms with E-state index in [9.17, 15) is 14.4 Å². The van der Waals surface area contributed by atoms with Crippen LogP contribution in [0.4, 0.5) is 0 Å². The Hall–Kier alpha value is -0.660. The summed E-state index contributed by atoms with van der Waals surface area (Å²) < 4.78 is 6.76. The number of hydrogen-bond acceptors (Lipinski definition) is 5. The fourth-order valence-electron chi connectivity index (χ4n) is 2.33. The van der Waals surface area contributed by atoms with E-state index in [1.165, 1.54) is 11.8 Å². The lowest BCUT2D eigenvalue weighted by Crippen LogP contribution is -2.35. The molecule has 1 aromatic rings. The number of carbonyl (C=O) groups is 3. The average Bonchev–Trinajstić information content (AvgIpc) is 2.47. The van der Waals surface area contributed by atoms with Crippen LogP contribution in [0.1, 0.15) is 29.6 Å². The molecule has 0 heterocycles. The summed E-state index contributed by atoms with van der Waals surface area (Å²) in [7, 11) is 0. The highest BCUT2D eigenvalue weighted by atomic mass is 79.9. The second kappa shape index (κ2) is 7.75. The first kappa shape index (κ1) is 17.7. The third-order valence-corrected chi connectivity index (χ3v) is 5.15. The normalized spacial score (nSPS) is 16.0. The molecule has 1 aliphatic carbocycles. The highest BCUT2D eigenvalue weighted by molar-refractivity contribution is 9.11. The Morgan fingerprint density at radius 2 is 1.91 bits per heavy atom. The summed E-state index contributed by atoms with van der Waals surface area (Å²) in [5.41, 5.74) is 0.299. The minimum atomic E-state index is -1.17. The number of carbonyl (C=O) groups excluding carboxylic acids is 3. The third kappa shape index (κ3) is 3.63. The highest BCUT2D eigenvalue weighted by Gasteiger charge is 2.37. The third-order valence-electron chi connectivity index (χ3n) is 3.39. The molecule has 0 N–H and O–H groups in total. The number of rotatable bonds is 5. The van der Waals surface area contributed by atoms with Crippen molar-refractivity contribution in [3.63, 3.8) is 0 Å². The van der Waals surface area contributed by atoms with Crippen molar-refractivity contribution in [1.82, 2.24) is 0 Å². The molecule has 0 unspecified atom stereocenters. The van der Waals surface area contributed by atoms with Gasteiger partial charge in [0.2, 0.25) is 0 Å². The van der Waals surface area contributed by atoms with Crippen LogP contribution in [0.15, 0.2) is 21.1 Å². The second-order valence-electron chi connectivity index (χ2n) is 4.87. The molecule has 4 nitrogen and oxygen atoms in total. The number of hydrogen-bond donors (Lipinski definition) is 0. The van der Waals surface area contributed by atoms with E-state index in [0.717, 1.165) is 0 Å². The lowest BCUT2D eigenvalue weighted by molar-refractivity contribution is -0.133. The van der Waals surface area contributed by atoms with E-state index in [2.05, 4.69) is 31.9 Å². The van der Waals surface area contributed by atoms with Gasteiger partial charge in [0.1, 0.15) is 17.6 Å². The molecule has 2 rings (SSSR count). The van der Waals surface area contributed by atoms with Crippen molar-refractivity contribution in [2.24, 2.45) is 5.92 Å². The molecule has 0 radical (unpaired) electrons. The SMILES string of the molecule is CSCOc1c(Br)ccc(C(=O)C2C(=O)CCCC2=O)c1Br. The number of benzene rings is 1. The van der Waals surface area contributed by atoms with Crippen LogP contribution in [-0.4, -0.2) is 29.5 Å². The molecule has 0 bridgehead atoms. The molecule has 0 aromatic heterocycles. The molecule has 0 saturated heterocycles. The fraction of sp³-hybridized carbons (Fsp3) is 0.400. The van der Waals surface area contributed by atoms with Gasteiger partial charge in [-0.2, -0.15) is 0 Å². The number of ether oxygens (including phenoxy) is 1. The molecule has 0 aliphatic heterocycles. The lowest BCUT2D eigenvalue weighted by Gasteiger charge is -2.19. The first-order valence-corrected chi connectivity index (χ1v) is 9.64. The van der Waals surface area contributed by atoms with Crippen molar-refractivity contribution in [3.8, 4) is 5.75 Å². The molecule has 1 aromatic carbocycles. The standard InChI is InChI=1S/C15H14Br2O4S/c1-22-7-21-15-9(16)6-5-8(13(15)17)14(20)12-10(18)3-2-4-11(12)19/h5-6,12H,2-4,7H2,1H3. The van der Waals surface area contributed by atoms with Crippen LogP contribution in [-0.2, 0) is 9.59 Å². The smallest absolute Gasteiger partial charge is 0.182 e. The fourth-order valence-corrected chi connectivity index (χ4v) is 3.93. The summed E-state index contributed by atoms with van der Waals surface area (Å²) in [6, 6.07) is 3.28. The van der Waals surface area contributed by atoms with Crippen LogP contribution in [0, 0.1) is 5.92 Å². The summed E-state index contributed by atoms with van der Waals surface area (Å²) in [6.07, 6.45) is 3.00. The Balaban J connectivity index is 2.37. The molecular weight excluding hydrogens is 436 g/mol. The summed E-state index contributed by atoms with van der Waals surface area (Å²) in [4.78, 5) is 36.5. The Bertz CT molecular complexity index is 614. The zero-order valence-corrected chi connectivity index (χ0v) is 15.8. The van der Waals surface area contributed by atoms with Crippen LogP contribution in [0.3, 0.4) is 0 Å². The zero-order chi connectivity index (χ0) is 16.3. The molecule has 118 valence electrons. The molecule has 1 aliphatic rings. The van der Waals surface area contributed by atoms with Gasteiger partial charge in [-0.25, -0.2) is 0 Å². The van der Waals surface area contributed by atoms with Crippen molar-refractivity contribution >= 4 is 61.0 Å². The monoisotopic (exact) mass is 448 g/mol. The number of Topliss-reactive ketones (excluding diaryl/α,β-unsaturated/α-hetero) is 3. The molecule has 0 spiro atoms. The topological polar surface area (TPSA) is 60.4 Å². The summed E-state index contributed by atoms with van der Waals surface area (Å²) in [5, 5.41) is 0. The van der Waals surface area contributed by atoms with Gasteiger partial charge in [-0.15, -0.1) is 11.8 Å². The summed E-state index contributed by atoms with van der Waals surface area (Å²) in [5.74, 6) is -1.28. The van der Waals surface area contributed by atoms with Gasteiger partial charge in [-0.3, -0.25) is 14.4 Å². The molecule has 0 amide bonds. The van der Waals surface area contributed by atoms with Crippen LogP contribution in [0.5, 0.6) is 5.75 Å². The van der Waals surface area contributed by atoms with Crippen LogP contribution >= 0.6 is 43.6 Å². The van der Waals surface area contributed by atoms with Crippen molar-refractivity contribution < 1.29 is 19.1 Å². The number of halogens is 2. The Morgan fingerprint density at radius 3 is 2.50 bits per heavy atom. The van der Waals surface area contributed by atoms with Gasteiger partial charge >= 0.3 is 0 Å². The van der Waals surface area contributed by atoms with E-state index in [0.29, 0.717) is 32.6 Å². The van der Waals surface area contributed by atoms with Gasteiger partial charge in [0.25, 0.3) is 0 Å². The first-order valence-electron chi connectivity index (χ1n) is 6.66. The van der Waals surface area contributed by atoms with E-state index in [-0.39, 0.29) is 24.4 Å². The lowest BCUT2D eigenvalue weighted by atomic mass is 9.81. The Labute approximate surface area is 149 Å². The Morgan fingerprint density at radius 1 is 1.27 bits per heavy atom. The van der Waals surface area contributed by atoms with Crippen molar-refractivity contribution in [1.29, 1.82) is 0 Å². The van der Waals surface area contributed by atoms with Gasteiger partial charge in [-0.1, -0.05) is 0 Å². The molecule has 0 atom stereocenters. The molecule has 1 fully saturated rings. The van der Waals surface area contributed by atoms with E-state index >= 15 is 0 Å². The van der Waals surface area contributed by atoms with Gasteiger partial charge in [-0.05, 0) is 56.7 Å². The first-order chi connectivity index (χ1) is 10.5. The van der Waals surface area contributed by atoms with E-state index in [1.807, 2.05) is 6.26 Å². The summed E-state index contributed by atoms with van der Waals surface area (Å²) in [6.45, 7) is 0. The molecule has 7 heteroatoms. The summed E-state index contributed by atoms with van der Waals surface area (Å²) >= 11 is 8.23. The molecule has 1 saturated carbocycles. The molecular formula is C15H14Br2O4S. The van der Waals surface area contributed by atoms with Crippen molar-refractivity contribution in [2.75, 3.05) is 12.2 Å². The second-order valence-corrected chi connectivity index (χ2v) is 7.33. The quantitative estimate of drug-likeness (QED) is 0.385. The molecule has 22 heavy (non-hydrogen) atoms. The van der Waals surface area contributed by atoms with Crippen LogP contribution in [0.2, 0.25) is 0 Å². The Kier molecular flexibility index (Phi) is 6.23. The van der Waals surface area contributed by atoms with E-state index in [4.69, 9.17) is 4.74 Å². The zero-order valence-electron chi connectivity index (χ0n) is 11.9. The predicted molar refractivity (Wildman–Crippen MR) is 92.5 cm³/mol. The van der Waals surface area contributed by atoms with Crippen molar-refractivity contribution in [2.45, 2.75) is 19.3 Å². The van der Waals surface area contributed by atoms with Gasteiger partial charge in [0.05, 0.1) is 8.95 Å². The van der Waals surface area contributed by atoms with Gasteiger partial charge < -0.3 is 4.74 Å². The maximum atomic E-state index is 12.6. The maximum Gasteiger partial charge on any atom is 0.182 e. The highest BCUT2D eigenvalue weighted by Crippen LogP contribution is 2.38. The van der Waals surface area contributed by atoms with Crippen LogP contribution < -0.4 is 4.74 Å². The van der Waals surface area contributed by atoms with E-state index in [1.54, 1.807) is 12.1 Å². The number of thioether (sulfide) groups is 1. The number of ketones is 3. The predicted octanol–water partition coefficient (Wildman–Crippen LogP) is 4.03. The van der Waals surface area contributed by atoms with E-state index < -0.39 is 11.7 Å².